The molecule has 1 fully saturated rings. The second-order valence-corrected chi connectivity index (χ2v) is 7.68. The highest BCUT2D eigenvalue weighted by molar-refractivity contribution is 7.99. The van der Waals surface area contributed by atoms with Gasteiger partial charge in [-0.25, -0.2) is 4.39 Å². The molecule has 2 unspecified atom stereocenters. The summed E-state index contributed by atoms with van der Waals surface area (Å²) in [4.78, 5) is 37.4. The van der Waals surface area contributed by atoms with Crippen molar-refractivity contribution in [3.8, 4) is 0 Å². The number of rotatable bonds is 3. The fourth-order valence-corrected chi connectivity index (χ4v) is 4.85. The van der Waals surface area contributed by atoms with E-state index in [1.807, 2.05) is 11.8 Å². The largest absolute Gasteiger partial charge is 0.481 e. The Balaban J connectivity index is 1.96. The molecular formula is C17H20FNO4S. The standard InChI is InChI=1S/C17H20FNO4S/c1-9-11(7-16(21)22)12-6-15(20)13(18)8-14(12)19(9)17(23)10-2-4-24-5-3-10/h6,10,13-14H,2-5,7-8H2,1H3,(H,21,22). The second-order valence-electron chi connectivity index (χ2n) is 6.45. The van der Waals surface area contributed by atoms with Crippen LogP contribution in [-0.2, 0) is 14.4 Å². The van der Waals surface area contributed by atoms with Gasteiger partial charge in [0.1, 0.15) is 0 Å². The van der Waals surface area contributed by atoms with Crippen molar-refractivity contribution < 1.29 is 23.9 Å². The Morgan fingerprint density at radius 2 is 2.04 bits per heavy atom. The van der Waals surface area contributed by atoms with Crippen LogP contribution in [0.15, 0.2) is 22.9 Å². The first-order chi connectivity index (χ1) is 11.4. The molecule has 2 aliphatic heterocycles. The average Bonchev–Trinajstić information content (AvgIpc) is 2.80. The Bertz CT molecular complexity index is 651. The smallest absolute Gasteiger partial charge is 0.307 e. The number of halogens is 1. The molecule has 7 heteroatoms. The van der Waals surface area contributed by atoms with Crippen LogP contribution < -0.4 is 0 Å². The molecular weight excluding hydrogens is 333 g/mol. The molecule has 130 valence electrons. The molecule has 0 aromatic rings. The molecule has 0 bridgehead atoms. The van der Waals surface area contributed by atoms with E-state index in [-0.39, 0.29) is 24.7 Å². The summed E-state index contributed by atoms with van der Waals surface area (Å²) in [5, 5.41) is 9.15. The van der Waals surface area contributed by atoms with Crippen molar-refractivity contribution in [1.82, 2.24) is 4.90 Å². The molecule has 0 aromatic carbocycles. The van der Waals surface area contributed by atoms with Gasteiger partial charge in [-0.2, -0.15) is 11.8 Å². The molecule has 1 N–H and O–H groups in total. The van der Waals surface area contributed by atoms with E-state index in [1.165, 1.54) is 6.08 Å². The van der Waals surface area contributed by atoms with Crippen LogP contribution in [0.5, 0.6) is 0 Å². The lowest BCUT2D eigenvalue weighted by Crippen LogP contribution is -2.44. The molecule has 5 nitrogen and oxygen atoms in total. The fraction of sp³-hybridized carbons (Fsp3) is 0.588. The summed E-state index contributed by atoms with van der Waals surface area (Å²) in [7, 11) is 0. The molecule has 1 aliphatic carbocycles. The normalized spacial score (nSPS) is 28.0. The van der Waals surface area contributed by atoms with Crippen molar-refractivity contribution in [2.24, 2.45) is 5.92 Å². The number of ketones is 1. The van der Waals surface area contributed by atoms with Crippen molar-refractivity contribution in [3.63, 3.8) is 0 Å². The van der Waals surface area contributed by atoms with Gasteiger partial charge in [0, 0.05) is 18.0 Å². The van der Waals surface area contributed by atoms with Crippen molar-refractivity contribution in [3.05, 3.63) is 22.9 Å². The summed E-state index contributed by atoms with van der Waals surface area (Å²) >= 11 is 1.82. The van der Waals surface area contributed by atoms with Crippen LogP contribution in [0.3, 0.4) is 0 Å². The maximum Gasteiger partial charge on any atom is 0.307 e. The van der Waals surface area contributed by atoms with Crippen LogP contribution in [-0.4, -0.2) is 51.4 Å². The molecule has 24 heavy (non-hydrogen) atoms. The van der Waals surface area contributed by atoms with E-state index in [2.05, 4.69) is 0 Å². The summed E-state index contributed by atoms with van der Waals surface area (Å²) in [6, 6.07) is -0.547. The van der Waals surface area contributed by atoms with Gasteiger partial charge in [0.05, 0.1) is 12.5 Å². The van der Waals surface area contributed by atoms with E-state index in [4.69, 9.17) is 5.11 Å². The van der Waals surface area contributed by atoms with Gasteiger partial charge in [-0.3, -0.25) is 14.4 Å². The molecule has 2 heterocycles. The number of fused-ring (bicyclic) bond motifs is 1. The number of nitrogens with zero attached hydrogens (tertiary/aromatic N) is 1. The first-order valence-corrected chi connectivity index (χ1v) is 9.28. The van der Waals surface area contributed by atoms with Gasteiger partial charge in [0.15, 0.2) is 12.0 Å². The van der Waals surface area contributed by atoms with E-state index in [0.717, 1.165) is 24.3 Å². The lowest BCUT2D eigenvalue weighted by molar-refractivity contribution is -0.137. The number of hydrogen-bond donors (Lipinski definition) is 1. The second kappa shape index (κ2) is 6.70. The van der Waals surface area contributed by atoms with Gasteiger partial charge in [0.25, 0.3) is 0 Å². The topological polar surface area (TPSA) is 74.7 Å². The third-order valence-corrected chi connectivity index (χ3v) is 6.04. The number of carboxylic acids is 1. The van der Waals surface area contributed by atoms with Crippen LogP contribution in [0.2, 0.25) is 0 Å². The van der Waals surface area contributed by atoms with Gasteiger partial charge in [-0.15, -0.1) is 0 Å². The van der Waals surface area contributed by atoms with Crippen molar-refractivity contribution >= 4 is 29.4 Å². The van der Waals surface area contributed by atoms with E-state index in [0.29, 0.717) is 16.8 Å². The van der Waals surface area contributed by atoms with Gasteiger partial charge in [0.2, 0.25) is 5.91 Å². The minimum atomic E-state index is -1.63. The lowest BCUT2D eigenvalue weighted by atomic mass is 9.88. The summed E-state index contributed by atoms with van der Waals surface area (Å²) in [5.41, 5.74) is 1.54. The number of carbonyl (C=O) groups is 3. The monoisotopic (exact) mass is 353 g/mol. The van der Waals surface area contributed by atoms with Crippen LogP contribution in [0.25, 0.3) is 0 Å². The molecule has 2 atom stereocenters. The fourth-order valence-electron chi connectivity index (χ4n) is 3.74. The Morgan fingerprint density at radius 1 is 1.38 bits per heavy atom. The van der Waals surface area contributed by atoms with Crippen molar-refractivity contribution in [2.45, 2.75) is 44.8 Å². The first kappa shape index (κ1) is 17.2. The van der Waals surface area contributed by atoms with E-state index in [9.17, 15) is 18.8 Å². The Labute approximate surface area is 144 Å². The summed E-state index contributed by atoms with van der Waals surface area (Å²) in [6.45, 7) is 1.70. The number of hydrogen-bond acceptors (Lipinski definition) is 4. The maximum absolute atomic E-state index is 13.9. The molecule has 0 saturated carbocycles. The number of allylic oxidation sites excluding steroid dienone is 2. The molecule has 0 radical (unpaired) electrons. The zero-order valence-corrected chi connectivity index (χ0v) is 14.3. The highest BCUT2D eigenvalue weighted by Gasteiger charge is 2.45. The van der Waals surface area contributed by atoms with E-state index in [1.54, 1.807) is 11.8 Å². The number of thioether (sulfide) groups is 1. The van der Waals surface area contributed by atoms with Crippen LogP contribution in [0.4, 0.5) is 4.39 Å². The summed E-state index contributed by atoms with van der Waals surface area (Å²) in [5.74, 6) is 0.00883. The number of amides is 1. The van der Waals surface area contributed by atoms with Crippen LogP contribution in [0.1, 0.15) is 32.6 Å². The van der Waals surface area contributed by atoms with Gasteiger partial charge in [-0.05, 0) is 48.5 Å². The molecule has 3 aliphatic rings. The van der Waals surface area contributed by atoms with E-state index >= 15 is 0 Å². The summed E-state index contributed by atoms with van der Waals surface area (Å²) < 4.78 is 13.9. The predicted octanol–water partition coefficient (Wildman–Crippen LogP) is 2.33. The van der Waals surface area contributed by atoms with Gasteiger partial charge < -0.3 is 10.0 Å². The van der Waals surface area contributed by atoms with Crippen molar-refractivity contribution in [2.75, 3.05) is 11.5 Å². The SMILES string of the molecule is CC1=C(CC(=O)O)C2=CC(=O)C(F)CC2N1C(=O)C1CCSCC1. The first-order valence-electron chi connectivity index (χ1n) is 8.12. The molecule has 3 rings (SSSR count). The third-order valence-electron chi connectivity index (χ3n) is 4.99. The lowest BCUT2D eigenvalue weighted by Gasteiger charge is -2.33. The average molecular weight is 353 g/mol. The highest BCUT2D eigenvalue weighted by atomic mass is 32.2. The minimum absolute atomic E-state index is 0.0642. The molecule has 1 amide bonds. The minimum Gasteiger partial charge on any atom is -0.481 e. The highest BCUT2D eigenvalue weighted by Crippen LogP contribution is 2.42. The summed E-state index contributed by atoms with van der Waals surface area (Å²) in [6.07, 6.45) is 0.787. The quantitative estimate of drug-likeness (QED) is 0.843. The third kappa shape index (κ3) is 3.01. The van der Waals surface area contributed by atoms with Gasteiger partial charge in [-0.1, -0.05) is 0 Å². The number of carboxylic acid groups (broad SMARTS) is 1. The Hall–Kier alpha value is -1.63. The molecule has 0 spiro atoms. The Kier molecular flexibility index (Phi) is 4.80. The number of aliphatic carboxylic acids is 1. The van der Waals surface area contributed by atoms with Crippen LogP contribution >= 0.6 is 11.8 Å². The predicted molar refractivity (Wildman–Crippen MR) is 88.2 cm³/mol. The Morgan fingerprint density at radius 3 is 2.67 bits per heavy atom. The van der Waals surface area contributed by atoms with E-state index < -0.39 is 24.0 Å². The van der Waals surface area contributed by atoms with Crippen molar-refractivity contribution in [1.29, 1.82) is 0 Å². The zero-order valence-electron chi connectivity index (χ0n) is 13.5. The molecule has 1 saturated heterocycles. The zero-order chi connectivity index (χ0) is 17.4. The number of carbonyl (C=O) groups excluding carboxylic acids is 2. The molecule has 0 aromatic heterocycles. The van der Waals surface area contributed by atoms with Gasteiger partial charge >= 0.3 is 5.97 Å². The number of alkyl halides is 1. The van der Waals surface area contributed by atoms with Crippen LogP contribution in [0, 0.1) is 5.92 Å². The maximum atomic E-state index is 13.9.